The number of amides is 1. The SMILES string of the molecule is COc1cc(C(=O)Nc2cc(C(F)(F)F)ccc2-n2cccn2)ccc1OC(F)F. The zero-order valence-electron chi connectivity index (χ0n) is 15.3. The van der Waals surface area contributed by atoms with E-state index in [1.165, 1.54) is 36.3 Å². The Kier molecular flexibility index (Phi) is 5.90. The molecule has 0 atom stereocenters. The molecule has 0 saturated carbocycles. The summed E-state index contributed by atoms with van der Waals surface area (Å²) in [5, 5.41) is 6.36. The van der Waals surface area contributed by atoms with Gasteiger partial charge in [-0.2, -0.15) is 27.1 Å². The van der Waals surface area contributed by atoms with Crippen molar-refractivity contribution in [3.63, 3.8) is 0 Å². The van der Waals surface area contributed by atoms with Gasteiger partial charge in [0, 0.05) is 18.0 Å². The predicted molar refractivity (Wildman–Crippen MR) is 96.1 cm³/mol. The molecule has 158 valence electrons. The second kappa shape index (κ2) is 8.39. The van der Waals surface area contributed by atoms with Crippen LogP contribution >= 0.6 is 0 Å². The molecule has 0 unspecified atom stereocenters. The topological polar surface area (TPSA) is 65.4 Å². The van der Waals surface area contributed by atoms with Gasteiger partial charge in [0.05, 0.1) is 24.0 Å². The predicted octanol–water partition coefficient (Wildman–Crippen LogP) is 4.75. The Hall–Kier alpha value is -3.63. The maximum atomic E-state index is 13.1. The first kappa shape index (κ1) is 21.1. The largest absolute Gasteiger partial charge is 0.493 e. The molecule has 1 aromatic heterocycles. The highest BCUT2D eigenvalue weighted by Gasteiger charge is 2.31. The number of halogens is 5. The Morgan fingerprint density at radius 3 is 2.50 bits per heavy atom. The van der Waals surface area contributed by atoms with E-state index >= 15 is 0 Å². The van der Waals surface area contributed by atoms with Gasteiger partial charge in [-0.1, -0.05) is 0 Å². The summed E-state index contributed by atoms with van der Waals surface area (Å²) in [5.41, 5.74) is -0.958. The minimum atomic E-state index is -4.63. The van der Waals surface area contributed by atoms with E-state index in [4.69, 9.17) is 4.74 Å². The Balaban J connectivity index is 1.96. The highest BCUT2D eigenvalue weighted by atomic mass is 19.4. The smallest absolute Gasteiger partial charge is 0.416 e. The van der Waals surface area contributed by atoms with Crippen LogP contribution in [0.2, 0.25) is 0 Å². The summed E-state index contributed by atoms with van der Waals surface area (Å²) in [6, 6.07) is 7.79. The first-order chi connectivity index (χ1) is 14.2. The molecule has 30 heavy (non-hydrogen) atoms. The summed E-state index contributed by atoms with van der Waals surface area (Å²) < 4.78 is 74.8. The van der Waals surface area contributed by atoms with Crippen molar-refractivity contribution < 1.29 is 36.2 Å². The molecule has 3 rings (SSSR count). The molecule has 0 bridgehead atoms. The van der Waals surface area contributed by atoms with Crippen molar-refractivity contribution in [2.45, 2.75) is 12.8 Å². The van der Waals surface area contributed by atoms with Crippen LogP contribution in [0.1, 0.15) is 15.9 Å². The molecular formula is C19H14F5N3O3. The van der Waals surface area contributed by atoms with Gasteiger partial charge < -0.3 is 14.8 Å². The van der Waals surface area contributed by atoms with Crippen molar-refractivity contribution in [1.82, 2.24) is 9.78 Å². The summed E-state index contributed by atoms with van der Waals surface area (Å²) in [4.78, 5) is 12.6. The molecule has 0 aliphatic heterocycles. The van der Waals surface area contributed by atoms with E-state index in [1.54, 1.807) is 6.07 Å². The van der Waals surface area contributed by atoms with Gasteiger partial charge in [-0.3, -0.25) is 4.79 Å². The fourth-order valence-corrected chi connectivity index (χ4v) is 2.62. The van der Waals surface area contributed by atoms with E-state index in [2.05, 4.69) is 15.2 Å². The number of carbonyl (C=O) groups is 1. The summed E-state index contributed by atoms with van der Waals surface area (Å²) in [6.07, 6.45) is -1.70. The van der Waals surface area contributed by atoms with Crippen molar-refractivity contribution in [3.05, 3.63) is 66.0 Å². The van der Waals surface area contributed by atoms with Crippen LogP contribution in [-0.4, -0.2) is 29.4 Å². The monoisotopic (exact) mass is 427 g/mol. The maximum absolute atomic E-state index is 13.1. The van der Waals surface area contributed by atoms with E-state index in [0.717, 1.165) is 24.3 Å². The minimum Gasteiger partial charge on any atom is -0.493 e. The molecule has 1 N–H and O–H groups in total. The van der Waals surface area contributed by atoms with Gasteiger partial charge in [-0.05, 0) is 42.5 Å². The van der Waals surface area contributed by atoms with Gasteiger partial charge in [-0.25, -0.2) is 4.68 Å². The fourth-order valence-electron chi connectivity index (χ4n) is 2.62. The molecule has 1 heterocycles. The molecule has 3 aromatic rings. The third-order valence-electron chi connectivity index (χ3n) is 3.97. The molecule has 2 aromatic carbocycles. The van der Waals surface area contributed by atoms with E-state index in [0.29, 0.717) is 0 Å². The lowest BCUT2D eigenvalue weighted by molar-refractivity contribution is -0.137. The summed E-state index contributed by atoms with van der Waals surface area (Å²) in [6.45, 7) is -3.10. The molecule has 0 radical (unpaired) electrons. The number of nitrogens with one attached hydrogen (secondary N) is 1. The van der Waals surface area contributed by atoms with Crippen LogP contribution in [0.5, 0.6) is 11.5 Å². The van der Waals surface area contributed by atoms with Crippen LogP contribution in [0.25, 0.3) is 5.69 Å². The Labute approximate surface area is 166 Å². The zero-order chi connectivity index (χ0) is 21.9. The third-order valence-corrected chi connectivity index (χ3v) is 3.97. The van der Waals surface area contributed by atoms with E-state index in [-0.39, 0.29) is 28.4 Å². The van der Waals surface area contributed by atoms with Crippen molar-refractivity contribution in [1.29, 1.82) is 0 Å². The number of rotatable bonds is 6. The van der Waals surface area contributed by atoms with Crippen molar-refractivity contribution >= 4 is 11.6 Å². The summed E-state index contributed by atoms with van der Waals surface area (Å²) in [7, 11) is 1.19. The summed E-state index contributed by atoms with van der Waals surface area (Å²) >= 11 is 0. The van der Waals surface area contributed by atoms with Crippen LogP contribution in [0.4, 0.5) is 27.6 Å². The lowest BCUT2D eigenvalue weighted by atomic mass is 10.1. The third kappa shape index (κ3) is 4.67. The van der Waals surface area contributed by atoms with E-state index in [9.17, 15) is 26.7 Å². The standard InChI is InChI=1S/C19H14F5N3O3/c1-29-16-9-11(3-6-15(16)30-18(20)21)17(28)26-13-10-12(19(22,23)24)4-5-14(13)27-8-2-7-25-27/h2-10,18H,1H3,(H,26,28). The highest BCUT2D eigenvalue weighted by Crippen LogP contribution is 2.34. The molecule has 0 aliphatic carbocycles. The zero-order valence-corrected chi connectivity index (χ0v) is 15.3. The Morgan fingerprint density at radius 1 is 1.13 bits per heavy atom. The van der Waals surface area contributed by atoms with Gasteiger partial charge >= 0.3 is 12.8 Å². The number of carbonyl (C=O) groups excluding carboxylic acids is 1. The van der Waals surface area contributed by atoms with Crippen LogP contribution in [-0.2, 0) is 6.18 Å². The lowest BCUT2D eigenvalue weighted by Gasteiger charge is -2.15. The second-order valence-corrected chi connectivity index (χ2v) is 5.88. The number of anilines is 1. The first-order valence-electron chi connectivity index (χ1n) is 8.34. The number of hydrogen-bond acceptors (Lipinski definition) is 4. The van der Waals surface area contributed by atoms with Crippen LogP contribution < -0.4 is 14.8 Å². The molecule has 0 fully saturated rings. The highest BCUT2D eigenvalue weighted by molar-refractivity contribution is 6.05. The lowest BCUT2D eigenvalue weighted by Crippen LogP contribution is -2.16. The number of nitrogens with zero attached hydrogens (tertiary/aromatic N) is 2. The minimum absolute atomic E-state index is 0.0442. The van der Waals surface area contributed by atoms with Crippen LogP contribution in [0.3, 0.4) is 0 Å². The Bertz CT molecular complexity index is 1040. The van der Waals surface area contributed by atoms with Crippen LogP contribution in [0, 0.1) is 0 Å². The second-order valence-electron chi connectivity index (χ2n) is 5.88. The average molecular weight is 427 g/mol. The average Bonchev–Trinajstić information content (AvgIpc) is 3.21. The normalized spacial score (nSPS) is 11.4. The number of methoxy groups -OCH3 is 1. The number of aromatic nitrogens is 2. The molecule has 0 aliphatic rings. The van der Waals surface area contributed by atoms with Gasteiger partial charge in [0.2, 0.25) is 0 Å². The van der Waals surface area contributed by atoms with Crippen molar-refractivity contribution in [2.75, 3.05) is 12.4 Å². The number of ether oxygens (including phenoxy) is 2. The molecule has 6 nitrogen and oxygen atoms in total. The molecular weight excluding hydrogens is 413 g/mol. The molecule has 0 spiro atoms. The number of benzene rings is 2. The van der Waals surface area contributed by atoms with Gasteiger partial charge in [-0.15, -0.1) is 0 Å². The van der Waals surface area contributed by atoms with Gasteiger partial charge in [0.15, 0.2) is 11.5 Å². The molecule has 1 amide bonds. The Morgan fingerprint density at radius 2 is 1.90 bits per heavy atom. The molecule has 0 saturated heterocycles. The van der Waals surface area contributed by atoms with Crippen molar-refractivity contribution in [3.8, 4) is 17.2 Å². The number of alkyl halides is 5. The van der Waals surface area contributed by atoms with Gasteiger partial charge in [0.25, 0.3) is 5.91 Å². The number of hydrogen-bond donors (Lipinski definition) is 1. The maximum Gasteiger partial charge on any atom is 0.416 e. The quantitative estimate of drug-likeness (QED) is 0.577. The fraction of sp³-hybridized carbons (Fsp3) is 0.158. The van der Waals surface area contributed by atoms with Gasteiger partial charge in [0.1, 0.15) is 0 Å². The van der Waals surface area contributed by atoms with Crippen molar-refractivity contribution in [2.24, 2.45) is 0 Å². The first-order valence-corrected chi connectivity index (χ1v) is 8.34. The molecule has 11 heteroatoms. The summed E-state index contributed by atoms with van der Waals surface area (Å²) in [5.74, 6) is -1.22. The van der Waals surface area contributed by atoms with Crippen LogP contribution in [0.15, 0.2) is 54.9 Å². The van der Waals surface area contributed by atoms with E-state index in [1.807, 2.05) is 0 Å². The van der Waals surface area contributed by atoms with E-state index < -0.39 is 24.3 Å².